The van der Waals surface area contributed by atoms with Crippen molar-refractivity contribution in [3.8, 4) is 11.8 Å². The monoisotopic (exact) mass is 232 g/mol. The fourth-order valence-corrected chi connectivity index (χ4v) is 1.55. The predicted molar refractivity (Wildman–Crippen MR) is 69.3 cm³/mol. The van der Waals surface area contributed by atoms with Crippen molar-refractivity contribution in [2.75, 3.05) is 0 Å². The zero-order chi connectivity index (χ0) is 12.5. The molecule has 0 saturated carbocycles. The Morgan fingerprint density at radius 2 is 1.76 bits per heavy atom. The van der Waals surface area contributed by atoms with Crippen molar-refractivity contribution >= 4 is 0 Å². The van der Waals surface area contributed by atoms with Crippen LogP contribution in [0.1, 0.15) is 44.3 Å². The van der Waals surface area contributed by atoms with Crippen LogP contribution in [-0.4, -0.2) is 16.3 Å². The van der Waals surface area contributed by atoms with E-state index in [-0.39, 0.29) is 0 Å². The first-order chi connectivity index (χ1) is 8.24. The summed E-state index contributed by atoms with van der Waals surface area (Å²) in [6.07, 6.45) is 2.47. The highest BCUT2D eigenvalue weighted by Crippen LogP contribution is 2.10. The molecule has 2 nitrogen and oxygen atoms in total. The average molecular weight is 232 g/mol. The summed E-state index contributed by atoms with van der Waals surface area (Å²) < 4.78 is 0. The third-order valence-corrected chi connectivity index (χ3v) is 2.58. The zero-order valence-corrected chi connectivity index (χ0v) is 10.3. The van der Waals surface area contributed by atoms with Crippen LogP contribution >= 0.6 is 0 Å². The van der Waals surface area contributed by atoms with Crippen LogP contribution in [0.3, 0.4) is 0 Å². The predicted octanol–water partition coefficient (Wildman–Crippen LogP) is 2.66. The van der Waals surface area contributed by atoms with Crippen LogP contribution < -0.4 is 0 Å². The molecule has 0 heterocycles. The van der Waals surface area contributed by atoms with Crippen molar-refractivity contribution in [2.45, 2.75) is 44.8 Å². The van der Waals surface area contributed by atoms with E-state index in [1.165, 1.54) is 0 Å². The van der Waals surface area contributed by atoms with Gasteiger partial charge >= 0.3 is 0 Å². The van der Waals surface area contributed by atoms with Gasteiger partial charge in [0.15, 0.2) is 0 Å². The molecule has 0 aliphatic carbocycles. The van der Waals surface area contributed by atoms with Gasteiger partial charge in [0.05, 0.1) is 0 Å². The van der Waals surface area contributed by atoms with Crippen molar-refractivity contribution in [3.63, 3.8) is 0 Å². The number of aliphatic hydroxyl groups excluding tert-OH is 2. The Kier molecular flexibility index (Phi) is 6.39. The van der Waals surface area contributed by atoms with Crippen LogP contribution in [0, 0.1) is 11.8 Å². The minimum absolute atomic E-state index is 0.625. The van der Waals surface area contributed by atoms with E-state index in [1.807, 2.05) is 30.3 Å². The molecular formula is C15H20O2. The third-order valence-electron chi connectivity index (χ3n) is 2.58. The Balaban J connectivity index is 2.43. The molecule has 0 amide bonds. The van der Waals surface area contributed by atoms with Crippen molar-refractivity contribution < 1.29 is 10.2 Å². The molecule has 0 aliphatic heterocycles. The fraction of sp³-hybridized carbons (Fsp3) is 0.467. The molecule has 0 spiro atoms. The van der Waals surface area contributed by atoms with Gasteiger partial charge in [-0.3, -0.25) is 0 Å². The van der Waals surface area contributed by atoms with Gasteiger partial charge < -0.3 is 10.2 Å². The maximum absolute atomic E-state index is 9.76. The summed E-state index contributed by atoms with van der Waals surface area (Å²) in [5.74, 6) is 5.38. The topological polar surface area (TPSA) is 40.5 Å². The van der Waals surface area contributed by atoms with Crippen LogP contribution in [0.5, 0.6) is 0 Å². The number of aliphatic hydroxyl groups is 2. The molecular weight excluding hydrogens is 212 g/mol. The molecule has 0 aromatic heterocycles. The van der Waals surface area contributed by atoms with E-state index in [4.69, 9.17) is 0 Å². The Labute approximate surface area is 103 Å². The Morgan fingerprint density at radius 3 is 2.41 bits per heavy atom. The number of unbranched alkanes of at least 4 members (excludes halogenated alkanes) is 2. The number of benzene rings is 1. The molecule has 1 rings (SSSR count). The highest BCUT2D eigenvalue weighted by atomic mass is 16.3. The van der Waals surface area contributed by atoms with Gasteiger partial charge in [-0.2, -0.15) is 0 Å². The SMILES string of the molecule is CCCCCC(O)C#CC(O)c1ccccc1. The van der Waals surface area contributed by atoms with Crippen molar-refractivity contribution in [3.05, 3.63) is 35.9 Å². The summed E-state index contributed by atoms with van der Waals surface area (Å²) in [5.41, 5.74) is 0.765. The van der Waals surface area contributed by atoms with Gasteiger partial charge in [0, 0.05) is 0 Å². The first kappa shape index (κ1) is 13.8. The quantitative estimate of drug-likeness (QED) is 0.605. The largest absolute Gasteiger partial charge is 0.380 e. The molecule has 0 fully saturated rings. The van der Waals surface area contributed by atoms with Crippen LogP contribution in [0.25, 0.3) is 0 Å². The summed E-state index contributed by atoms with van der Waals surface area (Å²) >= 11 is 0. The van der Waals surface area contributed by atoms with Gasteiger partial charge in [-0.1, -0.05) is 61.9 Å². The summed E-state index contributed by atoms with van der Waals surface area (Å²) in [6, 6.07) is 9.25. The van der Waals surface area contributed by atoms with Gasteiger partial charge in [0.2, 0.25) is 0 Å². The fourth-order valence-electron chi connectivity index (χ4n) is 1.55. The van der Waals surface area contributed by atoms with E-state index < -0.39 is 12.2 Å². The lowest BCUT2D eigenvalue weighted by Gasteiger charge is -2.04. The Bertz CT molecular complexity index is 362. The second kappa shape index (κ2) is 7.89. The average Bonchev–Trinajstić information content (AvgIpc) is 2.37. The highest BCUT2D eigenvalue weighted by Gasteiger charge is 2.03. The lowest BCUT2D eigenvalue weighted by atomic mass is 10.1. The molecule has 1 aromatic carbocycles. The standard InChI is InChI=1S/C15H20O2/c1-2-3-5-10-14(16)11-12-15(17)13-8-6-4-7-9-13/h4,6-9,14-17H,2-3,5,10H2,1H3. The minimum atomic E-state index is -0.808. The number of hydrogen-bond donors (Lipinski definition) is 2. The van der Waals surface area contributed by atoms with E-state index in [9.17, 15) is 10.2 Å². The van der Waals surface area contributed by atoms with Crippen LogP contribution in [-0.2, 0) is 0 Å². The second-order valence-electron chi connectivity index (χ2n) is 4.11. The molecule has 2 N–H and O–H groups in total. The van der Waals surface area contributed by atoms with E-state index in [0.717, 1.165) is 24.8 Å². The summed E-state index contributed by atoms with van der Waals surface area (Å²) in [6.45, 7) is 2.12. The zero-order valence-electron chi connectivity index (χ0n) is 10.3. The molecule has 0 radical (unpaired) electrons. The molecule has 0 bridgehead atoms. The smallest absolute Gasteiger partial charge is 0.140 e. The number of hydrogen-bond acceptors (Lipinski definition) is 2. The molecule has 2 atom stereocenters. The normalized spacial score (nSPS) is 13.6. The van der Waals surface area contributed by atoms with Gasteiger partial charge in [-0.15, -0.1) is 0 Å². The van der Waals surface area contributed by atoms with Gasteiger partial charge in [0.25, 0.3) is 0 Å². The van der Waals surface area contributed by atoms with Crippen molar-refractivity contribution in [2.24, 2.45) is 0 Å². The Hall–Kier alpha value is -1.30. The minimum Gasteiger partial charge on any atom is -0.380 e. The Morgan fingerprint density at radius 1 is 1.06 bits per heavy atom. The molecule has 1 aromatic rings. The molecule has 17 heavy (non-hydrogen) atoms. The van der Waals surface area contributed by atoms with Crippen molar-refractivity contribution in [1.29, 1.82) is 0 Å². The molecule has 2 unspecified atom stereocenters. The first-order valence-corrected chi connectivity index (χ1v) is 6.16. The second-order valence-corrected chi connectivity index (χ2v) is 4.11. The molecule has 0 aliphatic rings. The lowest BCUT2D eigenvalue weighted by Crippen LogP contribution is -2.03. The van der Waals surface area contributed by atoms with E-state index >= 15 is 0 Å². The van der Waals surface area contributed by atoms with Crippen molar-refractivity contribution in [1.82, 2.24) is 0 Å². The van der Waals surface area contributed by atoms with Gasteiger partial charge in [0.1, 0.15) is 12.2 Å². The van der Waals surface area contributed by atoms with Crippen LogP contribution in [0.15, 0.2) is 30.3 Å². The molecule has 2 heteroatoms. The van der Waals surface area contributed by atoms with E-state index in [1.54, 1.807) is 0 Å². The van der Waals surface area contributed by atoms with Gasteiger partial charge in [-0.25, -0.2) is 0 Å². The summed E-state index contributed by atoms with van der Waals surface area (Å²) in [4.78, 5) is 0. The molecule has 92 valence electrons. The number of rotatable bonds is 5. The summed E-state index contributed by atoms with van der Waals surface area (Å²) in [7, 11) is 0. The van der Waals surface area contributed by atoms with Crippen LogP contribution in [0.2, 0.25) is 0 Å². The van der Waals surface area contributed by atoms with E-state index in [0.29, 0.717) is 6.42 Å². The molecule has 0 saturated heterocycles. The highest BCUT2D eigenvalue weighted by molar-refractivity contribution is 5.25. The van der Waals surface area contributed by atoms with Gasteiger partial charge in [-0.05, 0) is 18.4 Å². The summed E-state index contributed by atoms with van der Waals surface area (Å²) in [5, 5.41) is 19.3. The maximum Gasteiger partial charge on any atom is 0.140 e. The first-order valence-electron chi connectivity index (χ1n) is 6.16. The maximum atomic E-state index is 9.76. The lowest BCUT2D eigenvalue weighted by molar-refractivity contribution is 0.213. The third kappa shape index (κ3) is 5.53. The van der Waals surface area contributed by atoms with Crippen LogP contribution in [0.4, 0.5) is 0 Å². The van der Waals surface area contributed by atoms with E-state index in [2.05, 4.69) is 18.8 Å².